The second-order valence-corrected chi connectivity index (χ2v) is 2.59. The van der Waals surface area contributed by atoms with Gasteiger partial charge in [0, 0.05) is 11.8 Å². The molecule has 0 saturated carbocycles. The van der Waals surface area contributed by atoms with Gasteiger partial charge in [-0.2, -0.15) is 0 Å². The Balaban J connectivity index is 2.69. The van der Waals surface area contributed by atoms with Gasteiger partial charge in [-0.1, -0.05) is 15.9 Å². The molecular weight excluding hydrogens is 182 g/mol. The first kappa shape index (κ1) is 6.81. The number of oxazole rings is 1. The molecule has 0 saturated heterocycles. The molecule has 1 heterocycles. The lowest BCUT2D eigenvalue weighted by molar-refractivity contribution is 0.509. The quantitative estimate of drug-likeness (QED) is 0.665. The van der Waals surface area contributed by atoms with Crippen LogP contribution in [0.25, 0.3) is 0 Å². The van der Waals surface area contributed by atoms with E-state index < -0.39 is 0 Å². The number of aromatic nitrogens is 1. The van der Waals surface area contributed by atoms with Gasteiger partial charge in [-0.3, -0.25) is 0 Å². The maximum absolute atomic E-state index is 5.06. The van der Waals surface area contributed by atoms with Crippen molar-refractivity contribution in [2.75, 3.05) is 5.33 Å². The van der Waals surface area contributed by atoms with E-state index in [0.717, 1.165) is 23.2 Å². The van der Waals surface area contributed by atoms with Crippen molar-refractivity contribution in [2.24, 2.45) is 0 Å². The smallest absolute Gasteiger partial charge is 0.181 e. The van der Waals surface area contributed by atoms with Crippen molar-refractivity contribution in [3.63, 3.8) is 0 Å². The average Bonchev–Trinajstić information content (AvgIpc) is 2.18. The fourth-order valence-electron chi connectivity index (χ4n) is 0.652. The molecule has 0 unspecified atom stereocenters. The minimum atomic E-state index is 0.922. The number of halogens is 1. The molecule has 0 aliphatic carbocycles. The molecule has 3 heteroatoms. The Morgan fingerprint density at radius 3 is 3.00 bits per heavy atom. The highest BCUT2D eigenvalue weighted by Crippen LogP contribution is 2.06. The third-order valence-corrected chi connectivity index (χ3v) is 1.56. The van der Waals surface area contributed by atoms with Gasteiger partial charge in [0.05, 0.1) is 5.69 Å². The predicted molar refractivity (Wildman–Crippen MR) is 38.7 cm³/mol. The van der Waals surface area contributed by atoms with Gasteiger partial charge >= 0.3 is 0 Å². The minimum absolute atomic E-state index is 0.922. The fraction of sp³-hybridized carbons (Fsp3) is 0.500. The van der Waals surface area contributed by atoms with Gasteiger partial charge in [-0.05, 0) is 6.92 Å². The highest BCUT2D eigenvalue weighted by atomic mass is 79.9. The Morgan fingerprint density at radius 2 is 2.56 bits per heavy atom. The number of rotatable bonds is 2. The number of hydrogen-bond donors (Lipinski definition) is 0. The Bertz CT molecular complexity index is 185. The Labute approximate surface area is 62.4 Å². The molecule has 0 amide bonds. The first-order valence-corrected chi connectivity index (χ1v) is 3.91. The molecule has 9 heavy (non-hydrogen) atoms. The van der Waals surface area contributed by atoms with E-state index in [1.54, 1.807) is 0 Å². The predicted octanol–water partition coefficient (Wildman–Crippen LogP) is 1.92. The monoisotopic (exact) mass is 189 g/mol. The van der Waals surface area contributed by atoms with E-state index in [2.05, 4.69) is 20.9 Å². The maximum Gasteiger partial charge on any atom is 0.181 e. The van der Waals surface area contributed by atoms with E-state index in [1.165, 1.54) is 6.39 Å². The van der Waals surface area contributed by atoms with Crippen LogP contribution in [0.5, 0.6) is 0 Å². The Kier molecular flexibility index (Phi) is 2.28. The van der Waals surface area contributed by atoms with Crippen molar-refractivity contribution in [1.29, 1.82) is 0 Å². The number of aryl methyl sites for hydroxylation is 2. The summed E-state index contributed by atoms with van der Waals surface area (Å²) >= 11 is 3.32. The Hall–Kier alpha value is -0.310. The van der Waals surface area contributed by atoms with E-state index in [-0.39, 0.29) is 0 Å². The van der Waals surface area contributed by atoms with E-state index >= 15 is 0 Å². The van der Waals surface area contributed by atoms with E-state index in [0.29, 0.717) is 0 Å². The fourth-order valence-corrected chi connectivity index (χ4v) is 1.01. The highest BCUT2D eigenvalue weighted by molar-refractivity contribution is 9.09. The van der Waals surface area contributed by atoms with Gasteiger partial charge in [0.15, 0.2) is 6.39 Å². The van der Waals surface area contributed by atoms with Gasteiger partial charge in [0.1, 0.15) is 5.76 Å². The summed E-state index contributed by atoms with van der Waals surface area (Å²) in [7, 11) is 0. The molecule has 0 aliphatic rings. The van der Waals surface area contributed by atoms with Crippen LogP contribution in [0.4, 0.5) is 0 Å². The SMILES string of the molecule is Cc1ncoc1CCBr. The number of hydrogen-bond acceptors (Lipinski definition) is 2. The summed E-state index contributed by atoms with van der Waals surface area (Å²) in [5, 5.41) is 0.934. The lowest BCUT2D eigenvalue weighted by Crippen LogP contribution is -1.84. The van der Waals surface area contributed by atoms with Crippen molar-refractivity contribution in [2.45, 2.75) is 13.3 Å². The van der Waals surface area contributed by atoms with Crippen LogP contribution in [-0.4, -0.2) is 10.3 Å². The standard InChI is InChI=1S/C6H8BrNO/c1-5-6(2-3-7)9-4-8-5/h4H,2-3H2,1H3. The van der Waals surface area contributed by atoms with Crippen molar-refractivity contribution in [1.82, 2.24) is 4.98 Å². The van der Waals surface area contributed by atoms with Crippen molar-refractivity contribution in [3.05, 3.63) is 17.8 Å². The van der Waals surface area contributed by atoms with Crippen LogP contribution in [0.1, 0.15) is 11.5 Å². The molecule has 0 aromatic carbocycles. The van der Waals surface area contributed by atoms with Crippen LogP contribution in [0.15, 0.2) is 10.8 Å². The first-order valence-electron chi connectivity index (χ1n) is 2.79. The molecule has 0 bridgehead atoms. The molecule has 0 fully saturated rings. The largest absolute Gasteiger partial charge is 0.448 e. The van der Waals surface area contributed by atoms with Crippen LogP contribution >= 0.6 is 15.9 Å². The average molecular weight is 190 g/mol. The van der Waals surface area contributed by atoms with Crippen molar-refractivity contribution >= 4 is 15.9 Å². The lowest BCUT2D eigenvalue weighted by atomic mass is 10.3. The van der Waals surface area contributed by atoms with Gasteiger partial charge in [0.2, 0.25) is 0 Å². The van der Waals surface area contributed by atoms with Crippen LogP contribution in [0.3, 0.4) is 0 Å². The third kappa shape index (κ3) is 1.55. The molecule has 0 spiro atoms. The van der Waals surface area contributed by atoms with Crippen LogP contribution in [-0.2, 0) is 6.42 Å². The zero-order chi connectivity index (χ0) is 6.69. The molecule has 0 atom stereocenters. The minimum Gasteiger partial charge on any atom is -0.448 e. The summed E-state index contributed by atoms with van der Waals surface area (Å²) in [6, 6.07) is 0. The van der Waals surface area contributed by atoms with Gasteiger partial charge in [-0.25, -0.2) is 4.98 Å². The summed E-state index contributed by atoms with van der Waals surface area (Å²) in [6.07, 6.45) is 2.40. The number of nitrogens with zero attached hydrogens (tertiary/aromatic N) is 1. The van der Waals surface area contributed by atoms with Crippen molar-refractivity contribution < 1.29 is 4.42 Å². The zero-order valence-corrected chi connectivity index (χ0v) is 6.81. The van der Waals surface area contributed by atoms with Gasteiger partial charge < -0.3 is 4.42 Å². The zero-order valence-electron chi connectivity index (χ0n) is 5.22. The topological polar surface area (TPSA) is 26.0 Å². The summed E-state index contributed by atoms with van der Waals surface area (Å²) in [5.74, 6) is 0.979. The molecule has 1 aromatic heterocycles. The normalized spacial score (nSPS) is 10.0. The Morgan fingerprint density at radius 1 is 1.78 bits per heavy atom. The van der Waals surface area contributed by atoms with Crippen LogP contribution < -0.4 is 0 Å². The molecule has 1 aromatic rings. The van der Waals surface area contributed by atoms with Crippen molar-refractivity contribution in [3.8, 4) is 0 Å². The summed E-state index contributed by atoms with van der Waals surface area (Å²) in [4.78, 5) is 3.95. The molecular formula is C6H8BrNO. The molecule has 1 rings (SSSR count). The summed E-state index contributed by atoms with van der Waals surface area (Å²) in [6.45, 7) is 1.95. The van der Waals surface area contributed by atoms with E-state index in [9.17, 15) is 0 Å². The first-order chi connectivity index (χ1) is 4.34. The highest BCUT2D eigenvalue weighted by Gasteiger charge is 1.99. The third-order valence-electron chi connectivity index (χ3n) is 1.17. The molecule has 50 valence electrons. The summed E-state index contributed by atoms with van der Waals surface area (Å²) < 4.78 is 5.06. The van der Waals surface area contributed by atoms with Gasteiger partial charge in [-0.15, -0.1) is 0 Å². The second kappa shape index (κ2) is 3.01. The molecule has 2 nitrogen and oxygen atoms in total. The second-order valence-electron chi connectivity index (χ2n) is 1.80. The summed E-state index contributed by atoms with van der Waals surface area (Å²) in [5.41, 5.74) is 0.995. The molecule has 0 N–H and O–H groups in total. The van der Waals surface area contributed by atoms with Gasteiger partial charge in [0.25, 0.3) is 0 Å². The van der Waals surface area contributed by atoms with Crippen LogP contribution in [0.2, 0.25) is 0 Å². The van der Waals surface area contributed by atoms with E-state index in [1.807, 2.05) is 6.92 Å². The van der Waals surface area contributed by atoms with E-state index in [4.69, 9.17) is 4.42 Å². The number of alkyl halides is 1. The molecule has 0 aliphatic heterocycles. The van der Waals surface area contributed by atoms with Crippen LogP contribution in [0, 0.1) is 6.92 Å². The molecule has 0 radical (unpaired) electrons. The maximum atomic E-state index is 5.06. The lowest BCUT2D eigenvalue weighted by Gasteiger charge is -1.88.